The fourth-order valence-corrected chi connectivity index (χ4v) is 3.76. The molecule has 5 nitrogen and oxygen atoms in total. The zero-order valence-corrected chi connectivity index (χ0v) is 11.9. The van der Waals surface area contributed by atoms with Gasteiger partial charge in [0.2, 0.25) is 10.0 Å². The molecule has 19 heavy (non-hydrogen) atoms. The van der Waals surface area contributed by atoms with Gasteiger partial charge in [-0.25, -0.2) is 13.1 Å². The third-order valence-corrected chi connectivity index (χ3v) is 4.98. The van der Waals surface area contributed by atoms with Gasteiger partial charge in [0.05, 0.1) is 4.90 Å². The largest absolute Gasteiger partial charge is 0.381 e. The first-order valence-electron chi connectivity index (χ1n) is 6.42. The summed E-state index contributed by atoms with van der Waals surface area (Å²) in [5, 5.41) is 0. The quantitative estimate of drug-likeness (QED) is 0.861. The Morgan fingerprint density at radius 1 is 1.37 bits per heavy atom. The molecule has 0 aromatic heterocycles. The van der Waals surface area contributed by atoms with E-state index in [1.165, 1.54) is 0 Å². The van der Waals surface area contributed by atoms with E-state index in [1.807, 2.05) is 6.07 Å². The van der Waals surface area contributed by atoms with Crippen molar-refractivity contribution in [3.05, 3.63) is 29.3 Å². The lowest BCUT2D eigenvalue weighted by Gasteiger charge is -2.23. The van der Waals surface area contributed by atoms with Gasteiger partial charge in [0.15, 0.2) is 0 Å². The Labute approximate surface area is 114 Å². The van der Waals surface area contributed by atoms with Crippen LogP contribution in [-0.2, 0) is 21.3 Å². The normalized spacial score (nSPS) is 17.6. The second-order valence-corrected chi connectivity index (χ2v) is 6.49. The maximum atomic E-state index is 12.4. The molecule has 3 N–H and O–H groups in total. The van der Waals surface area contributed by atoms with Crippen LogP contribution in [0.4, 0.5) is 0 Å². The Hall–Kier alpha value is -0.950. The third-order valence-electron chi connectivity index (χ3n) is 3.32. The summed E-state index contributed by atoms with van der Waals surface area (Å²) in [7, 11) is -3.48. The van der Waals surface area contributed by atoms with Crippen molar-refractivity contribution < 1.29 is 13.2 Å². The zero-order valence-electron chi connectivity index (χ0n) is 11.1. The van der Waals surface area contributed by atoms with Gasteiger partial charge in [-0.15, -0.1) is 0 Å². The van der Waals surface area contributed by atoms with Crippen molar-refractivity contribution in [2.75, 3.05) is 13.2 Å². The molecule has 106 valence electrons. The molecule has 1 aliphatic heterocycles. The summed E-state index contributed by atoms with van der Waals surface area (Å²) in [5.74, 6) is 0. The lowest BCUT2D eigenvalue weighted by Crippen LogP contribution is -2.39. The van der Waals surface area contributed by atoms with Gasteiger partial charge in [0.25, 0.3) is 0 Å². The van der Waals surface area contributed by atoms with Crippen LogP contribution in [0.25, 0.3) is 0 Å². The lowest BCUT2D eigenvalue weighted by molar-refractivity contribution is 0.0832. The summed E-state index contributed by atoms with van der Waals surface area (Å²) >= 11 is 0. The van der Waals surface area contributed by atoms with E-state index in [0.717, 1.165) is 24.0 Å². The minimum absolute atomic E-state index is 0.0420. The first-order valence-corrected chi connectivity index (χ1v) is 7.91. The molecule has 0 amide bonds. The third kappa shape index (κ3) is 3.54. The predicted molar refractivity (Wildman–Crippen MR) is 73.2 cm³/mol. The average molecular weight is 284 g/mol. The summed E-state index contributed by atoms with van der Waals surface area (Å²) in [6.07, 6.45) is 1.43. The number of aryl methyl sites for hydroxylation is 1. The molecule has 0 unspecified atom stereocenters. The second-order valence-electron chi connectivity index (χ2n) is 4.81. The smallest absolute Gasteiger partial charge is 0.241 e. The molecule has 0 radical (unpaired) electrons. The van der Waals surface area contributed by atoms with Crippen LogP contribution < -0.4 is 10.5 Å². The van der Waals surface area contributed by atoms with Gasteiger partial charge in [-0.2, -0.15) is 0 Å². The van der Waals surface area contributed by atoms with E-state index in [1.54, 1.807) is 19.1 Å². The van der Waals surface area contributed by atoms with Crippen LogP contribution in [-0.4, -0.2) is 27.7 Å². The van der Waals surface area contributed by atoms with Crippen LogP contribution in [0.5, 0.6) is 0 Å². The molecule has 1 heterocycles. The Kier molecular flexibility index (Phi) is 4.57. The van der Waals surface area contributed by atoms with E-state index in [4.69, 9.17) is 10.5 Å². The highest BCUT2D eigenvalue weighted by atomic mass is 32.2. The van der Waals surface area contributed by atoms with E-state index in [-0.39, 0.29) is 6.04 Å². The maximum absolute atomic E-state index is 12.4. The molecule has 1 aliphatic rings. The number of hydrogen-bond acceptors (Lipinski definition) is 4. The average Bonchev–Trinajstić information content (AvgIpc) is 2.39. The summed E-state index contributed by atoms with van der Waals surface area (Å²) in [5.41, 5.74) is 7.12. The van der Waals surface area contributed by atoms with Crippen LogP contribution >= 0.6 is 0 Å². The minimum Gasteiger partial charge on any atom is -0.381 e. The maximum Gasteiger partial charge on any atom is 0.241 e. The van der Waals surface area contributed by atoms with Gasteiger partial charge in [-0.1, -0.05) is 12.1 Å². The highest BCUT2D eigenvalue weighted by Gasteiger charge is 2.23. The Balaban J connectivity index is 2.23. The van der Waals surface area contributed by atoms with Crippen molar-refractivity contribution in [3.63, 3.8) is 0 Å². The number of sulfonamides is 1. The minimum atomic E-state index is -3.48. The zero-order chi connectivity index (χ0) is 13.9. The monoisotopic (exact) mass is 284 g/mol. The van der Waals surface area contributed by atoms with E-state index in [0.29, 0.717) is 24.7 Å². The van der Waals surface area contributed by atoms with Gasteiger partial charge >= 0.3 is 0 Å². The molecule has 2 rings (SSSR count). The Morgan fingerprint density at radius 2 is 2.05 bits per heavy atom. The van der Waals surface area contributed by atoms with E-state index in [2.05, 4.69) is 4.72 Å². The van der Waals surface area contributed by atoms with Crippen molar-refractivity contribution in [3.8, 4) is 0 Å². The molecule has 1 fully saturated rings. The fourth-order valence-electron chi connectivity index (χ4n) is 2.16. The van der Waals surface area contributed by atoms with Crippen molar-refractivity contribution >= 4 is 10.0 Å². The highest BCUT2D eigenvalue weighted by molar-refractivity contribution is 7.89. The lowest BCUT2D eigenvalue weighted by atomic mass is 10.1. The number of rotatable bonds is 4. The topological polar surface area (TPSA) is 81.4 Å². The summed E-state index contributed by atoms with van der Waals surface area (Å²) < 4.78 is 32.8. The van der Waals surface area contributed by atoms with Gasteiger partial charge in [-0.05, 0) is 37.0 Å². The van der Waals surface area contributed by atoms with Gasteiger partial charge in [0.1, 0.15) is 0 Å². The number of benzene rings is 1. The van der Waals surface area contributed by atoms with Crippen LogP contribution in [0.2, 0.25) is 0 Å². The van der Waals surface area contributed by atoms with E-state index >= 15 is 0 Å². The molecular formula is C13H20N2O3S. The molecule has 0 bridgehead atoms. The Morgan fingerprint density at radius 3 is 2.68 bits per heavy atom. The summed E-state index contributed by atoms with van der Waals surface area (Å²) in [6.45, 7) is 3.34. The van der Waals surface area contributed by atoms with E-state index < -0.39 is 10.0 Å². The highest BCUT2D eigenvalue weighted by Crippen LogP contribution is 2.19. The molecule has 0 atom stereocenters. The van der Waals surface area contributed by atoms with Crippen LogP contribution in [0, 0.1) is 6.92 Å². The number of ether oxygens (including phenoxy) is 1. The molecule has 1 aromatic carbocycles. The summed E-state index contributed by atoms with van der Waals surface area (Å²) in [6, 6.07) is 5.25. The van der Waals surface area contributed by atoms with E-state index in [9.17, 15) is 8.42 Å². The predicted octanol–water partition coefficient (Wildman–Crippen LogP) is 0.911. The fraction of sp³-hybridized carbons (Fsp3) is 0.538. The van der Waals surface area contributed by atoms with Crippen molar-refractivity contribution in [2.45, 2.75) is 37.2 Å². The van der Waals surface area contributed by atoms with Crippen LogP contribution in [0.1, 0.15) is 24.0 Å². The van der Waals surface area contributed by atoms with Gasteiger partial charge < -0.3 is 10.5 Å². The Bertz CT molecular complexity index is 537. The molecule has 0 spiro atoms. The molecule has 1 aromatic rings. The summed E-state index contributed by atoms with van der Waals surface area (Å²) in [4.78, 5) is 0.321. The molecule has 0 saturated carbocycles. The van der Waals surface area contributed by atoms with Gasteiger partial charge in [0, 0.05) is 25.8 Å². The van der Waals surface area contributed by atoms with Crippen molar-refractivity contribution in [2.24, 2.45) is 5.73 Å². The standard InChI is InChI=1S/C13H20N2O3S/c1-10-2-3-11(9-14)8-13(10)19(16,17)15-12-4-6-18-7-5-12/h2-3,8,12,15H,4-7,9,14H2,1H3. The van der Waals surface area contributed by atoms with Crippen molar-refractivity contribution in [1.29, 1.82) is 0 Å². The van der Waals surface area contributed by atoms with Crippen LogP contribution in [0.15, 0.2) is 23.1 Å². The molecular weight excluding hydrogens is 264 g/mol. The number of hydrogen-bond donors (Lipinski definition) is 2. The molecule has 6 heteroatoms. The SMILES string of the molecule is Cc1ccc(CN)cc1S(=O)(=O)NC1CCOCC1. The molecule has 1 saturated heterocycles. The van der Waals surface area contributed by atoms with Crippen LogP contribution in [0.3, 0.4) is 0 Å². The number of nitrogens with two attached hydrogens (primary N) is 1. The number of nitrogens with one attached hydrogen (secondary N) is 1. The molecule has 0 aliphatic carbocycles. The second kappa shape index (κ2) is 6.00. The van der Waals surface area contributed by atoms with Crippen molar-refractivity contribution in [1.82, 2.24) is 4.72 Å². The van der Waals surface area contributed by atoms with Gasteiger partial charge in [-0.3, -0.25) is 0 Å². The first kappa shape index (κ1) is 14.5. The first-order chi connectivity index (χ1) is 9.03.